The molecule has 3 atom stereocenters. The number of aryl methyl sites for hydroxylation is 2. The Morgan fingerprint density at radius 2 is 1.66 bits per heavy atom. The molecule has 47 heavy (non-hydrogen) atoms. The second-order valence-corrected chi connectivity index (χ2v) is 14.0. The van der Waals surface area contributed by atoms with Gasteiger partial charge in [-0.15, -0.1) is 0 Å². The van der Waals surface area contributed by atoms with E-state index in [2.05, 4.69) is 144 Å². The lowest BCUT2D eigenvalue weighted by Crippen LogP contribution is -2.20. The van der Waals surface area contributed by atoms with Gasteiger partial charge < -0.3 is 4.74 Å². The van der Waals surface area contributed by atoms with Gasteiger partial charge in [0.05, 0.1) is 22.4 Å². The molecule has 0 N–H and O–H groups in total. The van der Waals surface area contributed by atoms with Gasteiger partial charge in [0, 0.05) is 46.3 Å². The fourth-order valence-electron chi connectivity index (χ4n) is 7.98. The lowest BCUT2D eigenvalue weighted by Gasteiger charge is -2.32. The van der Waals surface area contributed by atoms with Crippen molar-refractivity contribution in [3.8, 4) is 23.0 Å². The minimum Gasteiger partial charge on any atom is -0.457 e. The van der Waals surface area contributed by atoms with Crippen LogP contribution in [0.4, 0.5) is 0 Å². The molecule has 0 fully saturated rings. The highest BCUT2D eigenvalue weighted by Crippen LogP contribution is 2.43. The van der Waals surface area contributed by atoms with Crippen LogP contribution >= 0.6 is 0 Å². The maximum Gasteiger partial charge on any atom is 0.137 e. The summed E-state index contributed by atoms with van der Waals surface area (Å²) in [5, 5.41) is 7.52. The third-order valence-corrected chi connectivity index (χ3v) is 10.2. The lowest BCUT2D eigenvalue weighted by molar-refractivity contribution is 0.390. The largest absolute Gasteiger partial charge is 0.457 e. The van der Waals surface area contributed by atoms with Crippen molar-refractivity contribution in [3.63, 3.8) is 0 Å². The lowest BCUT2D eigenvalue weighted by atomic mass is 9.72. The van der Waals surface area contributed by atoms with E-state index in [0.29, 0.717) is 23.7 Å². The number of hydrogen-bond acceptors (Lipinski definition) is 3. The molecular formula is C42H46N4O. The van der Waals surface area contributed by atoms with Crippen LogP contribution in [-0.4, -0.2) is 19.3 Å². The Labute approximate surface area is 278 Å². The average molecular weight is 623 g/mol. The monoisotopic (exact) mass is 622 g/mol. The van der Waals surface area contributed by atoms with Crippen LogP contribution in [-0.2, 0) is 6.42 Å². The van der Waals surface area contributed by atoms with Crippen LogP contribution in [0.3, 0.4) is 0 Å². The molecule has 0 saturated carbocycles. The fourth-order valence-corrected chi connectivity index (χ4v) is 7.98. The van der Waals surface area contributed by atoms with Crippen LogP contribution in [0.1, 0.15) is 87.9 Å². The van der Waals surface area contributed by atoms with Crippen molar-refractivity contribution in [3.05, 3.63) is 119 Å². The molecule has 1 aliphatic rings. The van der Waals surface area contributed by atoms with Gasteiger partial charge in [-0.25, -0.2) is 9.67 Å². The molecule has 0 radical (unpaired) electrons. The normalized spacial score (nSPS) is 18.3. The summed E-state index contributed by atoms with van der Waals surface area (Å²) in [5.41, 5.74) is 10.9. The molecule has 5 nitrogen and oxygen atoms in total. The highest BCUT2D eigenvalue weighted by atomic mass is 16.5. The summed E-state index contributed by atoms with van der Waals surface area (Å²) < 4.78 is 11.1. The second-order valence-electron chi connectivity index (χ2n) is 14.0. The standard InChI is InChI=1S/C42H46N4O/c1-9-31-16-17-43-40(20-31)45-38-13-11-10-12-36(38)37-15-14-34(24-39(37)45)47-35-22-32(25(2)3)21-33(23-35)46-30(8)42(29(7)44-46)41-27(5)18-26(4)19-28(41)6/h10-18,20-26,28,41H,9,19H2,1-8H3/t26-,28?,41-/m0/s1. The van der Waals surface area contributed by atoms with Gasteiger partial charge in [0.2, 0.25) is 0 Å². The first-order valence-corrected chi connectivity index (χ1v) is 17.2. The molecule has 3 heterocycles. The number of ether oxygens (including phenoxy) is 1. The Morgan fingerprint density at radius 3 is 2.43 bits per heavy atom. The molecular weight excluding hydrogens is 576 g/mol. The van der Waals surface area contributed by atoms with E-state index >= 15 is 0 Å². The third kappa shape index (κ3) is 5.56. The van der Waals surface area contributed by atoms with Gasteiger partial charge >= 0.3 is 0 Å². The molecule has 3 aromatic heterocycles. The number of hydrogen-bond donors (Lipinski definition) is 0. The van der Waals surface area contributed by atoms with E-state index in [4.69, 9.17) is 14.8 Å². The van der Waals surface area contributed by atoms with Crippen LogP contribution in [0.2, 0.25) is 0 Å². The maximum atomic E-state index is 6.73. The number of para-hydroxylation sites is 1. The molecule has 6 aromatic rings. The van der Waals surface area contributed by atoms with Gasteiger partial charge in [-0.2, -0.15) is 5.10 Å². The summed E-state index contributed by atoms with van der Waals surface area (Å²) in [6, 6.07) is 25.8. The Kier molecular flexibility index (Phi) is 8.03. The van der Waals surface area contributed by atoms with Crippen molar-refractivity contribution in [2.75, 3.05) is 0 Å². The SMILES string of the molecule is CCc1ccnc(-n2c3ccccc3c3ccc(Oc4cc(C(C)C)cc(-n5nc(C)c([C@H]6C(C)=C[C@H](C)CC6C)c5C)c4)cc32)c1. The Morgan fingerprint density at radius 1 is 0.872 bits per heavy atom. The van der Waals surface area contributed by atoms with Gasteiger partial charge in [-0.3, -0.25) is 4.57 Å². The molecule has 7 rings (SSSR count). The van der Waals surface area contributed by atoms with Crippen molar-refractivity contribution in [2.45, 2.75) is 80.1 Å². The smallest absolute Gasteiger partial charge is 0.137 e. The number of fused-ring (bicyclic) bond motifs is 3. The maximum absolute atomic E-state index is 6.73. The van der Waals surface area contributed by atoms with Crippen LogP contribution < -0.4 is 4.74 Å². The molecule has 3 aromatic carbocycles. The number of nitrogens with zero attached hydrogens (tertiary/aromatic N) is 4. The number of rotatable bonds is 7. The molecule has 0 bridgehead atoms. The number of aromatic nitrogens is 4. The second kappa shape index (κ2) is 12.2. The van der Waals surface area contributed by atoms with Crippen LogP contribution in [0.15, 0.2) is 90.6 Å². The van der Waals surface area contributed by atoms with E-state index in [9.17, 15) is 0 Å². The van der Waals surface area contributed by atoms with Crippen molar-refractivity contribution in [1.82, 2.24) is 19.3 Å². The first-order valence-electron chi connectivity index (χ1n) is 17.2. The Hall–Kier alpha value is -4.64. The predicted octanol–water partition coefficient (Wildman–Crippen LogP) is 11.2. The predicted molar refractivity (Wildman–Crippen MR) is 195 cm³/mol. The molecule has 0 saturated heterocycles. The molecule has 0 amide bonds. The van der Waals surface area contributed by atoms with Gasteiger partial charge in [0.15, 0.2) is 0 Å². The summed E-state index contributed by atoms with van der Waals surface area (Å²) in [6.07, 6.45) is 6.53. The molecule has 1 aliphatic carbocycles. The molecule has 240 valence electrons. The van der Waals surface area contributed by atoms with E-state index in [-0.39, 0.29) is 0 Å². The van der Waals surface area contributed by atoms with Gasteiger partial charge in [-0.1, -0.05) is 64.5 Å². The first-order chi connectivity index (χ1) is 22.6. The molecule has 5 heteroatoms. The van der Waals surface area contributed by atoms with Crippen molar-refractivity contribution in [2.24, 2.45) is 11.8 Å². The van der Waals surface area contributed by atoms with Crippen molar-refractivity contribution < 1.29 is 4.74 Å². The third-order valence-electron chi connectivity index (χ3n) is 10.2. The van der Waals surface area contributed by atoms with Gasteiger partial charge in [0.25, 0.3) is 0 Å². The zero-order chi connectivity index (χ0) is 33.0. The van der Waals surface area contributed by atoms with Gasteiger partial charge in [-0.05, 0) is 105 Å². The zero-order valence-corrected chi connectivity index (χ0v) is 29.0. The highest BCUT2D eigenvalue weighted by molar-refractivity contribution is 6.09. The number of benzene rings is 3. The highest BCUT2D eigenvalue weighted by Gasteiger charge is 2.31. The number of pyridine rings is 1. The average Bonchev–Trinajstić information content (AvgIpc) is 3.53. The minimum atomic E-state index is 0.334. The summed E-state index contributed by atoms with van der Waals surface area (Å²) >= 11 is 0. The zero-order valence-electron chi connectivity index (χ0n) is 29.0. The van der Waals surface area contributed by atoms with E-state index in [0.717, 1.165) is 46.2 Å². The van der Waals surface area contributed by atoms with Crippen LogP contribution in [0, 0.1) is 25.7 Å². The van der Waals surface area contributed by atoms with Crippen LogP contribution in [0.5, 0.6) is 11.5 Å². The molecule has 0 spiro atoms. The Balaban J connectivity index is 1.32. The molecule has 0 aliphatic heterocycles. The first kappa shape index (κ1) is 31.0. The fraction of sp³-hybridized carbons (Fsp3) is 0.333. The van der Waals surface area contributed by atoms with E-state index in [1.165, 1.54) is 45.2 Å². The van der Waals surface area contributed by atoms with Crippen molar-refractivity contribution >= 4 is 21.8 Å². The topological polar surface area (TPSA) is 44.9 Å². The van der Waals surface area contributed by atoms with E-state index < -0.39 is 0 Å². The quantitative estimate of drug-likeness (QED) is 0.166. The van der Waals surface area contributed by atoms with E-state index in [1.54, 1.807) is 0 Å². The summed E-state index contributed by atoms with van der Waals surface area (Å²) in [6.45, 7) is 18.1. The van der Waals surface area contributed by atoms with E-state index in [1.807, 2.05) is 6.20 Å². The summed E-state index contributed by atoms with van der Waals surface area (Å²) in [4.78, 5) is 4.79. The number of allylic oxidation sites excluding steroid dienone is 2. The Bertz CT molecular complexity index is 2150. The summed E-state index contributed by atoms with van der Waals surface area (Å²) in [7, 11) is 0. The van der Waals surface area contributed by atoms with Gasteiger partial charge in [0.1, 0.15) is 17.3 Å². The molecule has 1 unspecified atom stereocenters. The van der Waals surface area contributed by atoms with Crippen molar-refractivity contribution in [1.29, 1.82) is 0 Å². The summed E-state index contributed by atoms with van der Waals surface area (Å²) in [5.74, 6) is 4.46. The van der Waals surface area contributed by atoms with Crippen LogP contribution in [0.25, 0.3) is 33.3 Å². The minimum absolute atomic E-state index is 0.334.